The lowest BCUT2D eigenvalue weighted by Gasteiger charge is -2.41. The second-order valence-corrected chi connectivity index (χ2v) is 13.0. The highest BCUT2D eigenvalue weighted by molar-refractivity contribution is 7.89. The fourth-order valence-corrected chi connectivity index (χ4v) is 5.11. The third-order valence-electron chi connectivity index (χ3n) is 6.34. The Hall–Kier alpha value is -2.87. The second-order valence-electron chi connectivity index (χ2n) is 11.3. The Labute approximate surface area is 209 Å². The topological polar surface area (TPSA) is 104 Å². The van der Waals surface area contributed by atoms with Crippen molar-refractivity contribution < 1.29 is 18.0 Å². The molecule has 1 atom stereocenters. The molecule has 2 aromatic rings. The van der Waals surface area contributed by atoms with Crippen LogP contribution in [0.2, 0.25) is 0 Å². The Kier molecular flexibility index (Phi) is 7.37. The number of benzene rings is 2. The first kappa shape index (κ1) is 26.7. The van der Waals surface area contributed by atoms with Gasteiger partial charge < -0.3 is 10.6 Å². The van der Waals surface area contributed by atoms with Gasteiger partial charge in [0.25, 0.3) is 5.91 Å². The van der Waals surface area contributed by atoms with Crippen molar-refractivity contribution in [2.24, 2.45) is 10.8 Å². The zero-order valence-electron chi connectivity index (χ0n) is 21.7. The van der Waals surface area contributed by atoms with Gasteiger partial charge in [-0.3, -0.25) is 9.59 Å². The Morgan fingerprint density at radius 2 is 1.83 bits per heavy atom. The van der Waals surface area contributed by atoms with Crippen LogP contribution in [0.1, 0.15) is 74.6 Å². The molecule has 0 spiro atoms. The van der Waals surface area contributed by atoms with E-state index in [1.807, 2.05) is 44.5 Å². The van der Waals surface area contributed by atoms with Gasteiger partial charge in [0.15, 0.2) is 0 Å². The van der Waals surface area contributed by atoms with Crippen molar-refractivity contribution in [1.29, 1.82) is 0 Å². The van der Waals surface area contributed by atoms with Crippen LogP contribution in [0.15, 0.2) is 42.5 Å². The minimum absolute atomic E-state index is 0.0262. The summed E-state index contributed by atoms with van der Waals surface area (Å²) in [5.74, 6) is -0.592. The molecular formula is C27H37N3O4S. The standard InChI is InChI=1S/C27H37N3O4S/c1-17(2)28-25(32)27(5,6)15-18-9-8-10-19(13-18)23-26(3,4)16-21-14-20(11-12-22(21)29-23)24(31)30-35(7,33)34/h8-14,17,23,29H,15-16H2,1-7H3,(H,28,32)(H,30,31). The van der Waals surface area contributed by atoms with E-state index in [4.69, 9.17) is 0 Å². The molecule has 2 amide bonds. The fourth-order valence-electron chi connectivity index (χ4n) is 4.66. The minimum atomic E-state index is -3.63. The average molecular weight is 500 g/mol. The molecule has 3 rings (SSSR count). The third kappa shape index (κ3) is 6.63. The average Bonchev–Trinajstić information content (AvgIpc) is 2.70. The number of hydrogen-bond acceptors (Lipinski definition) is 5. The lowest BCUT2D eigenvalue weighted by Crippen LogP contribution is -2.41. The van der Waals surface area contributed by atoms with E-state index in [2.05, 4.69) is 42.7 Å². The molecule has 0 fully saturated rings. The molecule has 1 aliphatic rings. The monoisotopic (exact) mass is 499 g/mol. The SMILES string of the molecule is CC(C)NC(=O)C(C)(C)Cc1cccc(C2Nc3ccc(C(=O)NS(C)(=O)=O)cc3CC2(C)C)c1. The van der Waals surface area contributed by atoms with Gasteiger partial charge in [0.05, 0.1) is 12.3 Å². The molecule has 0 bridgehead atoms. The number of rotatable bonds is 7. The van der Waals surface area contributed by atoms with Crippen LogP contribution in [-0.2, 0) is 27.7 Å². The van der Waals surface area contributed by atoms with Gasteiger partial charge >= 0.3 is 0 Å². The molecule has 1 aliphatic heterocycles. The molecule has 190 valence electrons. The number of amides is 2. The van der Waals surface area contributed by atoms with Crippen molar-refractivity contribution in [3.05, 3.63) is 64.7 Å². The summed E-state index contributed by atoms with van der Waals surface area (Å²) in [4.78, 5) is 25.0. The largest absolute Gasteiger partial charge is 0.377 e. The van der Waals surface area contributed by atoms with Crippen LogP contribution < -0.4 is 15.4 Å². The van der Waals surface area contributed by atoms with Crippen molar-refractivity contribution >= 4 is 27.5 Å². The van der Waals surface area contributed by atoms with E-state index in [-0.39, 0.29) is 23.4 Å². The van der Waals surface area contributed by atoms with Crippen molar-refractivity contribution in [2.45, 2.75) is 66.5 Å². The maximum Gasteiger partial charge on any atom is 0.264 e. The quantitative estimate of drug-likeness (QED) is 0.530. The molecule has 0 aromatic heterocycles. The molecule has 35 heavy (non-hydrogen) atoms. The molecule has 0 saturated carbocycles. The Morgan fingerprint density at radius 1 is 1.14 bits per heavy atom. The number of nitrogens with one attached hydrogen (secondary N) is 3. The summed E-state index contributed by atoms with van der Waals surface area (Å²) in [7, 11) is -3.63. The normalized spacial score (nSPS) is 17.3. The summed E-state index contributed by atoms with van der Waals surface area (Å²) in [5.41, 5.74) is 3.73. The maximum atomic E-state index is 12.7. The van der Waals surface area contributed by atoms with Gasteiger partial charge in [-0.2, -0.15) is 0 Å². The highest BCUT2D eigenvalue weighted by Crippen LogP contribution is 2.45. The first-order valence-corrected chi connectivity index (χ1v) is 13.8. The number of sulfonamides is 1. The number of fused-ring (bicyclic) bond motifs is 1. The van der Waals surface area contributed by atoms with Crippen LogP contribution in [0.5, 0.6) is 0 Å². The van der Waals surface area contributed by atoms with E-state index < -0.39 is 21.3 Å². The number of carbonyl (C=O) groups excluding carboxylic acids is 2. The van der Waals surface area contributed by atoms with E-state index in [0.29, 0.717) is 18.4 Å². The summed E-state index contributed by atoms with van der Waals surface area (Å²) >= 11 is 0. The summed E-state index contributed by atoms with van der Waals surface area (Å²) in [6.45, 7) is 12.2. The highest BCUT2D eigenvalue weighted by atomic mass is 32.2. The predicted molar refractivity (Wildman–Crippen MR) is 140 cm³/mol. The summed E-state index contributed by atoms with van der Waals surface area (Å²) in [6.07, 6.45) is 2.30. The summed E-state index contributed by atoms with van der Waals surface area (Å²) in [6, 6.07) is 13.7. The van der Waals surface area contributed by atoms with Crippen LogP contribution in [0.3, 0.4) is 0 Å². The van der Waals surface area contributed by atoms with Gasteiger partial charge in [0.2, 0.25) is 15.9 Å². The molecule has 8 heteroatoms. The number of hydrogen-bond donors (Lipinski definition) is 3. The van der Waals surface area contributed by atoms with Gasteiger partial charge in [-0.25, -0.2) is 13.1 Å². The highest BCUT2D eigenvalue weighted by Gasteiger charge is 2.36. The van der Waals surface area contributed by atoms with E-state index in [1.54, 1.807) is 12.1 Å². The maximum absolute atomic E-state index is 12.7. The lowest BCUT2D eigenvalue weighted by molar-refractivity contribution is -0.129. The zero-order chi connectivity index (χ0) is 26.2. The van der Waals surface area contributed by atoms with Crippen LogP contribution in [0, 0.1) is 10.8 Å². The van der Waals surface area contributed by atoms with Crippen molar-refractivity contribution in [2.75, 3.05) is 11.6 Å². The van der Waals surface area contributed by atoms with Crippen molar-refractivity contribution in [3.63, 3.8) is 0 Å². The van der Waals surface area contributed by atoms with Crippen LogP contribution >= 0.6 is 0 Å². The summed E-state index contributed by atoms with van der Waals surface area (Å²) < 4.78 is 24.9. The molecule has 0 radical (unpaired) electrons. The van der Waals surface area contributed by atoms with Crippen molar-refractivity contribution in [1.82, 2.24) is 10.0 Å². The molecule has 2 aromatic carbocycles. The van der Waals surface area contributed by atoms with Gasteiger partial charge in [0, 0.05) is 22.7 Å². The third-order valence-corrected chi connectivity index (χ3v) is 6.89. The molecule has 7 nitrogen and oxygen atoms in total. The molecule has 1 heterocycles. The number of carbonyl (C=O) groups is 2. The summed E-state index contributed by atoms with van der Waals surface area (Å²) in [5, 5.41) is 6.64. The molecule has 0 saturated heterocycles. The lowest BCUT2D eigenvalue weighted by atomic mass is 9.72. The first-order valence-electron chi connectivity index (χ1n) is 11.9. The van der Waals surface area contributed by atoms with Crippen LogP contribution in [0.25, 0.3) is 0 Å². The molecular weight excluding hydrogens is 462 g/mol. The van der Waals surface area contributed by atoms with Crippen molar-refractivity contribution in [3.8, 4) is 0 Å². The Morgan fingerprint density at radius 3 is 2.46 bits per heavy atom. The van der Waals surface area contributed by atoms with E-state index in [1.165, 1.54) is 0 Å². The minimum Gasteiger partial charge on any atom is -0.377 e. The van der Waals surface area contributed by atoms with E-state index in [0.717, 1.165) is 28.6 Å². The predicted octanol–water partition coefficient (Wildman–Crippen LogP) is 4.20. The molecule has 0 aliphatic carbocycles. The van der Waals surface area contributed by atoms with Gasteiger partial charge in [0.1, 0.15) is 0 Å². The molecule has 3 N–H and O–H groups in total. The van der Waals surface area contributed by atoms with Crippen LogP contribution in [-0.4, -0.2) is 32.5 Å². The first-order chi connectivity index (χ1) is 16.1. The van der Waals surface area contributed by atoms with E-state index in [9.17, 15) is 18.0 Å². The van der Waals surface area contributed by atoms with E-state index >= 15 is 0 Å². The van der Waals surface area contributed by atoms with Gasteiger partial charge in [-0.15, -0.1) is 0 Å². The Bertz CT molecular complexity index is 1230. The molecule has 1 unspecified atom stereocenters. The Balaban J connectivity index is 1.85. The second kappa shape index (κ2) is 9.64. The van der Waals surface area contributed by atoms with Crippen LogP contribution in [0.4, 0.5) is 5.69 Å². The zero-order valence-corrected chi connectivity index (χ0v) is 22.5. The number of anilines is 1. The van der Waals surface area contributed by atoms with Gasteiger partial charge in [-0.05, 0) is 67.0 Å². The van der Waals surface area contributed by atoms with Gasteiger partial charge in [-0.1, -0.05) is 52.0 Å². The fraction of sp³-hybridized carbons (Fsp3) is 0.481. The smallest absolute Gasteiger partial charge is 0.264 e.